The highest BCUT2D eigenvalue weighted by atomic mass is 19.2. The largest absolute Gasteiger partial charge is 0.289 e. The second-order valence-corrected chi connectivity index (χ2v) is 4.78. The van der Waals surface area contributed by atoms with Crippen LogP contribution in [0.3, 0.4) is 0 Å². The number of hydrogen-bond donors (Lipinski definition) is 0. The highest BCUT2D eigenvalue weighted by Crippen LogP contribution is 2.21. The molecule has 0 atom stereocenters. The third-order valence-corrected chi connectivity index (χ3v) is 3.45. The molecular weight excluding hydrogens is 277 g/mol. The van der Waals surface area contributed by atoms with E-state index in [4.69, 9.17) is 0 Å². The van der Waals surface area contributed by atoms with Gasteiger partial charge in [-0.05, 0) is 42.2 Å². The summed E-state index contributed by atoms with van der Waals surface area (Å²) in [6.45, 7) is 3.84. The average Bonchev–Trinajstić information content (AvgIpc) is 2.50. The molecule has 110 valence electrons. The Hall–Kier alpha value is -2.10. The van der Waals surface area contributed by atoms with Crippen LogP contribution >= 0.6 is 0 Å². The smallest absolute Gasteiger partial charge is 0.194 e. The van der Waals surface area contributed by atoms with Gasteiger partial charge in [-0.15, -0.1) is 0 Å². The van der Waals surface area contributed by atoms with Crippen molar-refractivity contribution in [3.05, 3.63) is 70.0 Å². The van der Waals surface area contributed by atoms with Gasteiger partial charge in [-0.2, -0.15) is 0 Å². The first kappa shape index (κ1) is 15.3. The summed E-state index contributed by atoms with van der Waals surface area (Å²) in [6, 6.07) is 6.95. The molecule has 1 nitrogen and oxygen atoms in total. The highest BCUT2D eigenvalue weighted by Gasteiger charge is 2.18. The van der Waals surface area contributed by atoms with Crippen LogP contribution in [0.5, 0.6) is 0 Å². The standard InChI is InChI=1S/C17H15F3O/c1-3-10-5-6-11(4-2)13(7-10)17(21)12-8-14(18)16(20)15(19)9-12/h5-9H,3-4H2,1-2H3. The maximum atomic E-state index is 13.3. The van der Waals surface area contributed by atoms with Crippen LogP contribution in [0.4, 0.5) is 13.2 Å². The molecule has 2 aromatic carbocycles. The molecule has 0 N–H and O–H groups in total. The number of ketones is 1. The molecule has 0 fully saturated rings. The molecular formula is C17H15F3O. The lowest BCUT2D eigenvalue weighted by Gasteiger charge is -2.10. The summed E-state index contributed by atoms with van der Waals surface area (Å²) in [5, 5.41) is 0. The molecule has 0 spiro atoms. The van der Waals surface area contributed by atoms with Crippen LogP contribution in [0.25, 0.3) is 0 Å². The molecule has 21 heavy (non-hydrogen) atoms. The summed E-state index contributed by atoms with van der Waals surface area (Å²) in [5.74, 6) is -4.78. The first-order valence-electron chi connectivity index (χ1n) is 6.79. The predicted molar refractivity (Wildman–Crippen MR) is 74.9 cm³/mol. The summed E-state index contributed by atoms with van der Waals surface area (Å²) < 4.78 is 39.5. The quantitative estimate of drug-likeness (QED) is 0.600. The van der Waals surface area contributed by atoms with Crippen molar-refractivity contribution in [3.63, 3.8) is 0 Å². The first-order chi connectivity index (χ1) is 9.97. The summed E-state index contributed by atoms with van der Waals surface area (Å²) in [4.78, 5) is 12.5. The summed E-state index contributed by atoms with van der Waals surface area (Å²) >= 11 is 0. The lowest BCUT2D eigenvalue weighted by molar-refractivity contribution is 0.103. The molecule has 0 radical (unpaired) electrons. The summed E-state index contributed by atoms with van der Waals surface area (Å²) in [7, 11) is 0. The monoisotopic (exact) mass is 292 g/mol. The van der Waals surface area contributed by atoms with Crippen LogP contribution in [0.1, 0.15) is 40.9 Å². The fourth-order valence-electron chi connectivity index (χ4n) is 2.21. The van der Waals surface area contributed by atoms with Crippen molar-refractivity contribution in [1.29, 1.82) is 0 Å². The predicted octanol–water partition coefficient (Wildman–Crippen LogP) is 4.46. The van der Waals surface area contributed by atoms with E-state index in [1.165, 1.54) is 0 Å². The molecule has 0 aromatic heterocycles. The van der Waals surface area contributed by atoms with Crippen LogP contribution in [-0.2, 0) is 12.8 Å². The van der Waals surface area contributed by atoms with Crippen LogP contribution in [0.2, 0.25) is 0 Å². The minimum atomic E-state index is -1.57. The van der Waals surface area contributed by atoms with E-state index in [9.17, 15) is 18.0 Å². The Labute approximate surface area is 121 Å². The maximum absolute atomic E-state index is 13.3. The third-order valence-electron chi connectivity index (χ3n) is 3.45. The van der Waals surface area contributed by atoms with E-state index in [1.807, 2.05) is 26.0 Å². The summed E-state index contributed by atoms with van der Waals surface area (Å²) in [6.07, 6.45) is 1.37. The Morgan fingerprint density at radius 1 is 0.952 bits per heavy atom. The molecule has 0 aliphatic carbocycles. The van der Waals surface area contributed by atoms with Gasteiger partial charge in [0.25, 0.3) is 0 Å². The Morgan fingerprint density at radius 2 is 1.57 bits per heavy atom. The van der Waals surface area contributed by atoms with Crippen molar-refractivity contribution in [2.75, 3.05) is 0 Å². The van der Waals surface area contributed by atoms with Crippen LogP contribution in [0.15, 0.2) is 30.3 Å². The normalized spacial score (nSPS) is 10.7. The third kappa shape index (κ3) is 2.99. The Bertz CT molecular complexity index is 669. The molecule has 2 aromatic rings. The zero-order chi connectivity index (χ0) is 15.6. The van der Waals surface area contributed by atoms with Gasteiger partial charge in [0.05, 0.1) is 0 Å². The first-order valence-corrected chi connectivity index (χ1v) is 6.79. The Balaban J connectivity index is 2.54. The minimum absolute atomic E-state index is 0.186. The second-order valence-electron chi connectivity index (χ2n) is 4.78. The molecule has 2 rings (SSSR count). The molecule has 0 heterocycles. The van der Waals surface area contributed by atoms with E-state index in [1.54, 1.807) is 6.07 Å². The number of hydrogen-bond acceptors (Lipinski definition) is 1. The topological polar surface area (TPSA) is 17.1 Å². The van der Waals surface area contributed by atoms with E-state index in [0.717, 1.165) is 29.7 Å². The lowest BCUT2D eigenvalue weighted by Crippen LogP contribution is -2.08. The van der Waals surface area contributed by atoms with Gasteiger partial charge in [0.1, 0.15) is 0 Å². The molecule has 0 saturated carbocycles. The van der Waals surface area contributed by atoms with Gasteiger partial charge < -0.3 is 0 Å². The van der Waals surface area contributed by atoms with Crippen molar-refractivity contribution in [2.24, 2.45) is 0 Å². The van der Waals surface area contributed by atoms with E-state index in [-0.39, 0.29) is 5.56 Å². The van der Waals surface area contributed by atoms with Gasteiger partial charge in [0.2, 0.25) is 0 Å². The molecule has 4 heteroatoms. The van der Waals surface area contributed by atoms with E-state index >= 15 is 0 Å². The number of halogens is 3. The fourth-order valence-corrected chi connectivity index (χ4v) is 2.21. The van der Waals surface area contributed by atoms with Gasteiger partial charge in [0.15, 0.2) is 23.2 Å². The SMILES string of the molecule is CCc1ccc(CC)c(C(=O)c2cc(F)c(F)c(F)c2)c1. The molecule has 0 aliphatic heterocycles. The fraction of sp³-hybridized carbons (Fsp3) is 0.235. The summed E-state index contributed by atoms with van der Waals surface area (Å²) in [5.41, 5.74) is 1.97. The molecule has 0 unspecified atom stereocenters. The zero-order valence-electron chi connectivity index (χ0n) is 11.8. The van der Waals surface area contributed by atoms with Gasteiger partial charge in [0, 0.05) is 11.1 Å². The van der Waals surface area contributed by atoms with Crippen molar-refractivity contribution < 1.29 is 18.0 Å². The molecule has 0 amide bonds. The van der Waals surface area contributed by atoms with Gasteiger partial charge in [-0.3, -0.25) is 4.79 Å². The maximum Gasteiger partial charge on any atom is 0.194 e. The number of aryl methyl sites for hydroxylation is 2. The van der Waals surface area contributed by atoms with Crippen molar-refractivity contribution in [1.82, 2.24) is 0 Å². The van der Waals surface area contributed by atoms with Crippen LogP contribution < -0.4 is 0 Å². The Kier molecular flexibility index (Phi) is 4.46. The number of benzene rings is 2. The highest BCUT2D eigenvalue weighted by molar-refractivity contribution is 6.10. The van der Waals surface area contributed by atoms with Crippen molar-refractivity contribution >= 4 is 5.78 Å². The van der Waals surface area contributed by atoms with Crippen molar-refractivity contribution in [3.8, 4) is 0 Å². The molecule has 0 bridgehead atoms. The zero-order valence-corrected chi connectivity index (χ0v) is 11.8. The van der Waals surface area contributed by atoms with E-state index < -0.39 is 23.2 Å². The van der Waals surface area contributed by atoms with Gasteiger partial charge >= 0.3 is 0 Å². The molecule has 0 saturated heterocycles. The Morgan fingerprint density at radius 3 is 2.10 bits per heavy atom. The van der Waals surface area contributed by atoms with Crippen molar-refractivity contribution in [2.45, 2.75) is 26.7 Å². The average molecular weight is 292 g/mol. The van der Waals surface area contributed by atoms with Crippen LogP contribution in [-0.4, -0.2) is 5.78 Å². The lowest BCUT2D eigenvalue weighted by atomic mass is 9.94. The van der Waals surface area contributed by atoms with E-state index in [2.05, 4.69) is 0 Å². The number of carbonyl (C=O) groups is 1. The minimum Gasteiger partial charge on any atom is -0.289 e. The van der Waals surface area contributed by atoms with Gasteiger partial charge in [-0.1, -0.05) is 26.0 Å². The van der Waals surface area contributed by atoms with Gasteiger partial charge in [-0.25, -0.2) is 13.2 Å². The number of rotatable bonds is 4. The second kappa shape index (κ2) is 6.12. The van der Waals surface area contributed by atoms with E-state index in [0.29, 0.717) is 12.0 Å². The molecule has 0 aliphatic rings. The van der Waals surface area contributed by atoms with Crippen LogP contribution in [0, 0.1) is 17.5 Å². The number of carbonyl (C=O) groups excluding carboxylic acids is 1.